The molecule has 7 heteroatoms. The summed E-state index contributed by atoms with van der Waals surface area (Å²) in [7, 11) is 0. The average Bonchev–Trinajstić information content (AvgIpc) is 2.33. The number of nitrogens with two attached hydrogens (primary N) is 1. The summed E-state index contributed by atoms with van der Waals surface area (Å²) in [6.45, 7) is 0.730. The number of rotatable bonds is 7. The largest absolute Gasteiger partial charge is 0.493 e. The van der Waals surface area contributed by atoms with Crippen molar-refractivity contribution in [2.75, 3.05) is 36.9 Å². The molecule has 0 heterocycles. The number of aliphatic hydroxyl groups is 1. The van der Waals surface area contributed by atoms with E-state index < -0.39 is 12.7 Å². The van der Waals surface area contributed by atoms with Gasteiger partial charge in [-0.1, -0.05) is 6.92 Å². The summed E-state index contributed by atoms with van der Waals surface area (Å²) in [6.07, 6.45) is -3.57. The van der Waals surface area contributed by atoms with E-state index in [1.54, 1.807) is 6.07 Å². The van der Waals surface area contributed by atoms with Crippen molar-refractivity contribution in [3.63, 3.8) is 0 Å². The fourth-order valence-corrected chi connectivity index (χ4v) is 1.73. The van der Waals surface area contributed by atoms with Gasteiger partial charge in [0.05, 0.1) is 13.2 Å². The highest BCUT2D eigenvalue weighted by atomic mass is 19.4. The van der Waals surface area contributed by atoms with Gasteiger partial charge in [-0.25, -0.2) is 0 Å². The number of benzene rings is 1. The molecule has 20 heavy (non-hydrogen) atoms. The van der Waals surface area contributed by atoms with Gasteiger partial charge in [0, 0.05) is 30.1 Å². The van der Waals surface area contributed by atoms with Crippen LogP contribution in [-0.4, -0.2) is 37.6 Å². The second-order valence-electron chi connectivity index (χ2n) is 4.37. The Bertz CT molecular complexity index is 425. The third kappa shape index (κ3) is 5.56. The van der Waals surface area contributed by atoms with E-state index in [1.165, 1.54) is 12.1 Å². The molecule has 1 aromatic carbocycles. The summed E-state index contributed by atoms with van der Waals surface area (Å²) < 4.78 is 43.0. The standard InChI is InChI=1S/C13H19F3N2O2/c1-2-5-20-12-7-10(17)6-11(8-12)18(3-4-19)9-13(14,15)16/h6-8,19H,2-5,9,17H2,1H3. The number of nitrogens with zero attached hydrogens (tertiary/aromatic N) is 1. The zero-order chi connectivity index (χ0) is 15.2. The molecule has 0 aromatic heterocycles. The monoisotopic (exact) mass is 292 g/mol. The molecule has 0 aliphatic rings. The van der Waals surface area contributed by atoms with E-state index in [9.17, 15) is 13.2 Å². The minimum absolute atomic E-state index is 0.129. The highest BCUT2D eigenvalue weighted by Crippen LogP contribution is 2.28. The molecule has 1 rings (SSSR count). The third-order valence-corrected chi connectivity index (χ3v) is 2.49. The van der Waals surface area contributed by atoms with Crippen molar-refractivity contribution >= 4 is 11.4 Å². The maximum Gasteiger partial charge on any atom is 0.405 e. The molecular formula is C13H19F3N2O2. The Hall–Kier alpha value is -1.63. The number of hydrogen-bond acceptors (Lipinski definition) is 4. The maximum atomic E-state index is 12.5. The van der Waals surface area contributed by atoms with Crippen LogP contribution in [-0.2, 0) is 0 Å². The van der Waals surface area contributed by atoms with Crippen molar-refractivity contribution in [2.45, 2.75) is 19.5 Å². The first-order valence-corrected chi connectivity index (χ1v) is 6.31. The molecule has 0 aliphatic carbocycles. The summed E-state index contributed by atoms with van der Waals surface area (Å²) in [5.74, 6) is 0.423. The van der Waals surface area contributed by atoms with E-state index in [4.69, 9.17) is 15.6 Å². The number of ether oxygens (including phenoxy) is 1. The van der Waals surface area contributed by atoms with Gasteiger partial charge in [0.25, 0.3) is 0 Å². The lowest BCUT2D eigenvalue weighted by Gasteiger charge is -2.26. The van der Waals surface area contributed by atoms with Gasteiger partial charge >= 0.3 is 6.18 Å². The molecule has 0 saturated carbocycles. The zero-order valence-corrected chi connectivity index (χ0v) is 11.3. The maximum absolute atomic E-state index is 12.5. The second-order valence-corrected chi connectivity index (χ2v) is 4.37. The Morgan fingerprint density at radius 2 is 2.00 bits per heavy atom. The minimum atomic E-state index is -4.36. The summed E-state index contributed by atoms with van der Waals surface area (Å²) in [6, 6.07) is 4.48. The van der Waals surface area contributed by atoms with Crippen LogP contribution in [0.1, 0.15) is 13.3 Å². The lowest BCUT2D eigenvalue weighted by atomic mass is 10.2. The summed E-state index contributed by atoms with van der Waals surface area (Å²) in [4.78, 5) is 1.02. The highest BCUT2D eigenvalue weighted by Gasteiger charge is 2.31. The van der Waals surface area contributed by atoms with Crippen molar-refractivity contribution in [3.05, 3.63) is 18.2 Å². The summed E-state index contributed by atoms with van der Waals surface area (Å²) in [5.41, 5.74) is 6.28. The molecule has 0 bridgehead atoms. The molecule has 0 radical (unpaired) electrons. The SMILES string of the molecule is CCCOc1cc(N)cc(N(CCO)CC(F)(F)F)c1. The number of anilines is 2. The Morgan fingerprint density at radius 3 is 2.55 bits per heavy atom. The van der Waals surface area contributed by atoms with Gasteiger partial charge in [0.1, 0.15) is 12.3 Å². The van der Waals surface area contributed by atoms with Crippen molar-refractivity contribution in [1.29, 1.82) is 0 Å². The quantitative estimate of drug-likeness (QED) is 0.758. The topological polar surface area (TPSA) is 58.7 Å². The van der Waals surface area contributed by atoms with E-state index in [-0.39, 0.29) is 18.8 Å². The van der Waals surface area contributed by atoms with E-state index in [2.05, 4.69) is 0 Å². The van der Waals surface area contributed by atoms with E-state index in [0.717, 1.165) is 11.3 Å². The van der Waals surface area contributed by atoms with Crippen LogP contribution >= 0.6 is 0 Å². The van der Waals surface area contributed by atoms with Crippen LogP contribution in [0.25, 0.3) is 0 Å². The van der Waals surface area contributed by atoms with E-state index >= 15 is 0 Å². The Morgan fingerprint density at radius 1 is 1.30 bits per heavy atom. The van der Waals surface area contributed by atoms with Gasteiger partial charge in [-0.05, 0) is 12.5 Å². The number of aliphatic hydroxyl groups excluding tert-OH is 1. The third-order valence-electron chi connectivity index (χ3n) is 2.49. The number of nitrogen functional groups attached to an aromatic ring is 1. The fourth-order valence-electron chi connectivity index (χ4n) is 1.73. The Labute approximate surface area is 115 Å². The van der Waals surface area contributed by atoms with Crippen LogP contribution < -0.4 is 15.4 Å². The molecule has 0 atom stereocenters. The second kappa shape index (κ2) is 7.23. The minimum Gasteiger partial charge on any atom is -0.493 e. The molecule has 1 aromatic rings. The molecule has 0 aliphatic heterocycles. The first kappa shape index (κ1) is 16.4. The first-order valence-electron chi connectivity index (χ1n) is 6.31. The van der Waals surface area contributed by atoms with Crippen LogP contribution in [0.15, 0.2) is 18.2 Å². The van der Waals surface area contributed by atoms with Gasteiger partial charge in [-0.2, -0.15) is 13.2 Å². The molecule has 4 nitrogen and oxygen atoms in total. The predicted octanol–water partition coefficient (Wildman–Crippen LogP) is 2.42. The van der Waals surface area contributed by atoms with E-state index in [0.29, 0.717) is 18.0 Å². The summed E-state index contributed by atoms with van der Waals surface area (Å²) in [5, 5.41) is 8.90. The molecule has 0 spiro atoms. The van der Waals surface area contributed by atoms with Crippen LogP contribution in [0.5, 0.6) is 5.75 Å². The number of alkyl halides is 3. The smallest absolute Gasteiger partial charge is 0.405 e. The molecule has 0 unspecified atom stereocenters. The Balaban J connectivity index is 2.96. The van der Waals surface area contributed by atoms with Crippen LogP contribution in [0.4, 0.5) is 24.5 Å². The average molecular weight is 292 g/mol. The normalized spacial score (nSPS) is 11.4. The van der Waals surface area contributed by atoms with Crippen molar-refractivity contribution in [3.8, 4) is 5.75 Å². The lowest BCUT2D eigenvalue weighted by molar-refractivity contribution is -0.119. The molecular weight excluding hydrogens is 273 g/mol. The molecule has 0 amide bonds. The number of halogens is 3. The molecule has 0 saturated heterocycles. The zero-order valence-electron chi connectivity index (χ0n) is 11.3. The first-order chi connectivity index (χ1) is 9.35. The van der Waals surface area contributed by atoms with Crippen LogP contribution in [0, 0.1) is 0 Å². The molecule has 3 N–H and O–H groups in total. The van der Waals surface area contributed by atoms with Crippen molar-refractivity contribution < 1.29 is 23.0 Å². The van der Waals surface area contributed by atoms with Gasteiger partial charge in [-0.15, -0.1) is 0 Å². The lowest BCUT2D eigenvalue weighted by Crippen LogP contribution is -2.36. The predicted molar refractivity (Wildman–Crippen MR) is 72.0 cm³/mol. The van der Waals surface area contributed by atoms with Crippen LogP contribution in [0.2, 0.25) is 0 Å². The van der Waals surface area contributed by atoms with Crippen molar-refractivity contribution in [2.24, 2.45) is 0 Å². The van der Waals surface area contributed by atoms with E-state index in [1.807, 2.05) is 6.92 Å². The van der Waals surface area contributed by atoms with Gasteiger partial charge < -0.3 is 20.5 Å². The summed E-state index contributed by atoms with van der Waals surface area (Å²) >= 11 is 0. The Kier molecular flexibility index (Phi) is 5.94. The fraction of sp³-hybridized carbons (Fsp3) is 0.538. The van der Waals surface area contributed by atoms with Gasteiger partial charge in [0.2, 0.25) is 0 Å². The number of hydrogen-bond donors (Lipinski definition) is 2. The van der Waals surface area contributed by atoms with Crippen molar-refractivity contribution in [1.82, 2.24) is 0 Å². The molecule has 0 fully saturated rings. The van der Waals surface area contributed by atoms with Crippen LogP contribution in [0.3, 0.4) is 0 Å². The highest BCUT2D eigenvalue weighted by molar-refractivity contribution is 5.60. The molecule has 114 valence electrons. The van der Waals surface area contributed by atoms with Gasteiger partial charge in [0.15, 0.2) is 0 Å². The van der Waals surface area contributed by atoms with Gasteiger partial charge in [-0.3, -0.25) is 0 Å².